The lowest BCUT2D eigenvalue weighted by molar-refractivity contribution is -0.110. The van der Waals surface area contributed by atoms with Crippen molar-refractivity contribution in [3.8, 4) is 0 Å². The molecule has 2 aromatic rings. The lowest BCUT2D eigenvalue weighted by Gasteiger charge is -2.13. The molecule has 36 heavy (non-hydrogen) atoms. The third-order valence-electron chi connectivity index (χ3n) is 6.09. The molecule has 10 nitrogen and oxygen atoms in total. The van der Waals surface area contributed by atoms with Crippen LogP contribution in [0.3, 0.4) is 0 Å². The van der Waals surface area contributed by atoms with Crippen LogP contribution < -0.4 is 5.32 Å². The van der Waals surface area contributed by atoms with Crippen molar-refractivity contribution in [1.82, 2.24) is 4.98 Å². The Morgan fingerprint density at radius 2 is 2.00 bits per heavy atom. The molecule has 1 N–H and O–H groups in total. The number of methoxy groups -OCH3 is 1. The molecule has 0 spiro atoms. The summed E-state index contributed by atoms with van der Waals surface area (Å²) in [6.07, 6.45) is 4.39. The number of aromatic nitrogens is 1. The summed E-state index contributed by atoms with van der Waals surface area (Å²) in [4.78, 5) is 24.2. The third-order valence-corrected chi connectivity index (χ3v) is 9.16. The highest BCUT2D eigenvalue weighted by Gasteiger charge is 2.31. The van der Waals surface area contributed by atoms with Crippen LogP contribution in [0.15, 0.2) is 40.5 Å². The number of oxime groups is 1. The summed E-state index contributed by atoms with van der Waals surface area (Å²) in [5, 5.41) is 6.81. The summed E-state index contributed by atoms with van der Waals surface area (Å²) in [5.41, 5.74) is 0.466. The first kappa shape index (κ1) is 26.7. The number of amides is 1. The van der Waals surface area contributed by atoms with Gasteiger partial charge in [0.1, 0.15) is 6.10 Å². The van der Waals surface area contributed by atoms with Crippen LogP contribution >= 0.6 is 11.3 Å². The first-order chi connectivity index (χ1) is 17.4. The van der Waals surface area contributed by atoms with Crippen LogP contribution in [0.1, 0.15) is 43.0 Å². The number of hydrogen-bond acceptors (Lipinski definition) is 10. The van der Waals surface area contributed by atoms with Crippen LogP contribution in [0.2, 0.25) is 0 Å². The first-order valence-corrected chi connectivity index (χ1v) is 14.3. The van der Waals surface area contributed by atoms with Crippen LogP contribution in [-0.4, -0.2) is 69.4 Å². The molecule has 12 heteroatoms. The van der Waals surface area contributed by atoms with Crippen LogP contribution in [-0.2, 0) is 40.3 Å². The second-order valence-electron chi connectivity index (χ2n) is 8.63. The number of rotatable bonds is 11. The Balaban J connectivity index is 1.54. The fraction of sp³-hybridized carbons (Fsp3) is 0.542. The van der Waals surface area contributed by atoms with Gasteiger partial charge in [0.25, 0.3) is 5.91 Å². The Morgan fingerprint density at radius 1 is 1.22 bits per heavy atom. The number of sulfone groups is 1. The molecule has 0 radical (unpaired) electrons. The summed E-state index contributed by atoms with van der Waals surface area (Å²) in [5.74, 6) is -0.507. The second-order valence-corrected chi connectivity index (χ2v) is 12.0. The number of carbonyl (C=O) groups is 1. The molecule has 2 heterocycles. The molecule has 1 saturated carbocycles. The molecule has 1 aromatic heterocycles. The van der Waals surface area contributed by atoms with Crippen molar-refractivity contribution in [3.63, 3.8) is 0 Å². The maximum atomic E-state index is 13.2. The Bertz CT molecular complexity index is 1160. The molecule has 2 fully saturated rings. The minimum absolute atomic E-state index is 0.0338. The van der Waals surface area contributed by atoms with Gasteiger partial charge in [-0.1, -0.05) is 28.6 Å². The lowest BCUT2D eigenvalue weighted by atomic mass is 10.1. The molecular weight excluding hydrogens is 506 g/mol. The van der Waals surface area contributed by atoms with Gasteiger partial charge in [-0.2, -0.15) is 0 Å². The average Bonchev–Trinajstić information content (AvgIpc) is 3.63. The summed E-state index contributed by atoms with van der Waals surface area (Å²) >= 11 is 1.30. The highest BCUT2D eigenvalue weighted by molar-refractivity contribution is 7.92. The smallest absolute Gasteiger partial charge is 0.280 e. The van der Waals surface area contributed by atoms with E-state index in [1.165, 1.54) is 23.5 Å². The second kappa shape index (κ2) is 12.2. The number of thiazole rings is 1. The Hall–Kier alpha value is -2.38. The zero-order valence-corrected chi connectivity index (χ0v) is 22.0. The average molecular weight is 538 g/mol. The Morgan fingerprint density at radius 3 is 2.69 bits per heavy atom. The maximum absolute atomic E-state index is 13.2. The van der Waals surface area contributed by atoms with Crippen molar-refractivity contribution in [2.75, 3.05) is 32.2 Å². The highest BCUT2D eigenvalue weighted by atomic mass is 32.2. The highest BCUT2D eigenvalue weighted by Crippen LogP contribution is 2.26. The number of hydrogen-bond donors (Lipinski definition) is 1. The van der Waals surface area contributed by atoms with Crippen molar-refractivity contribution in [2.24, 2.45) is 5.16 Å². The first-order valence-electron chi connectivity index (χ1n) is 11.9. The SMILES string of the molecule is CCO[C@@H]1CC[C@@H](O/N=C(/C(=O)Nc2ncc(COC)s2)c2ccc(S(=O)(=O)[C@H]3CCOC3)cc2)C1. The number of anilines is 1. The van der Waals surface area contributed by atoms with Crippen molar-refractivity contribution in [1.29, 1.82) is 0 Å². The van der Waals surface area contributed by atoms with E-state index in [0.717, 1.165) is 17.7 Å². The molecule has 0 unspecified atom stereocenters. The van der Waals surface area contributed by atoms with Crippen LogP contribution in [0.25, 0.3) is 0 Å². The van der Waals surface area contributed by atoms with Gasteiger partial charge >= 0.3 is 0 Å². The summed E-state index contributed by atoms with van der Waals surface area (Å²) in [6.45, 7) is 3.60. The molecule has 0 bridgehead atoms. The van der Waals surface area contributed by atoms with E-state index < -0.39 is 21.0 Å². The summed E-state index contributed by atoms with van der Waals surface area (Å²) in [7, 11) is -1.93. The molecule has 2 aliphatic rings. The van der Waals surface area contributed by atoms with Gasteiger partial charge in [-0.15, -0.1) is 0 Å². The number of carbonyl (C=O) groups excluding carboxylic acids is 1. The van der Waals surface area contributed by atoms with Crippen molar-refractivity contribution >= 4 is 37.9 Å². The molecular formula is C24H31N3O7S2. The number of nitrogens with one attached hydrogen (secondary N) is 1. The van der Waals surface area contributed by atoms with Crippen LogP contribution in [0, 0.1) is 0 Å². The van der Waals surface area contributed by atoms with E-state index in [0.29, 0.717) is 43.4 Å². The Labute approximate surface area is 214 Å². The molecule has 4 rings (SSSR count). The molecule has 1 aliphatic carbocycles. The number of benzene rings is 1. The third kappa shape index (κ3) is 6.48. The van der Waals surface area contributed by atoms with Gasteiger partial charge in [-0.25, -0.2) is 13.4 Å². The molecule has 196 valence electrons. The van der Waals surface area contributed by atoms with Gasteiger partial charge in [0.15, 0.2) is 20.7 Å². The van der Waals surface area contributed by atoms with E-state index in [9.17, 15) is 13.2 Å². The molecule has 3 atom stereocenters. The van der Waals surface area contributed by atoms with Gasteiger partial charge in [0, 0.05) is 38.5 Å². The van der Waals surface area contributed by atoms with E-state index in [4.69, 9.17) is 19.0 Å². The van der Waals surface area contributed by atoms with Crippen molar-refractivity contribution in [3.05, 3.63) is 40.9 Å². The fourth-order valence-electron chi connectivity index (χ4n) is 4.22. The van der Waals surface area contributed by atoms with E-state index in [-0.39, 0.29) is 29.4 Å². The van der Waals surface area contributed by atoms with Crippen molar-refractivity contribution in [2.45, 2.75) is 61.6 Å². The predicted octanol–water partition coefficient (Wildman–Crippen LogP) is 3.17. The maximum Gasteiger partial charge on any atom is 0.280 e. The van der Waals surface area contributed by atoms with E-state index >= 15 is 0 Å². The van der Waals surface area contributed by atoms with E-state index in [2.05, 4.69) is 15.5 Å². The zero-order chi connectivity index (χ0) is 25.5. The monoisotopic (exact) mass is 537 g/mol. The minimum Gasteiger partial charge on any atom is -0.392 e. The van der Waals surface area contributed by atoms with Crippen LogP contribution in [0.4, 0.5) is 5.13 Å². The van der Waals surface area contributed by atoms with Gasteiger partial charge in [-0.05, 0) is 38.3 Å². The normalized spacial score (nSPS) is 22.6. The number of ether oxygens (including phenoxy) is 3. The molecule has 1 aromatic carbocycles. The molecule has 1 aliphatic heterocycles. The quantitative estimate of drug-likeness (QED) is 0.342. The number of nitrogens with zero attached hydrogens (tertiary/aromatic N) is 2. The van der Waals surface area contributed by atoms with Gasteiger partial charge in [0.05, 0.1) is 34.3 Å². The largest absolute Gasteiger partial charge is 0.392 e. The van der Waals surface area contributed by atoms with Gasteiger partial charge in [-0.3, -0.25) is 10.1 Å². The fourth-order valence-corrected chi connectivity index (χ4v) is 6.58. The predicted molar refractivity (Wildman–Crippen MR) is 135 cm³/mol. The topological polar surface area (TPSA) is 125 Å². The van der Waals surface area contributed by atoms with E-state index in [1.54, 1.807) is 25.4 Å². The van der Waals surface area contributed by atoms with Gasteiger partial charge in [0.2, 0.25) is 0 Å². The van der Waals surface area contributed by atoms with E-state index in [1.807, 2.05) is 6.92 Å². The van der Waals surface area contributed by atoms with Crippen molar-refractivity contribution < 1.29 is 32.3 Å². The zero-order valence-electron chi connectivity index (χ0n) is 20.3. The van der Waals surface area contributed by atoms with Crippen LogP contribution in [0.5, 0.6) is 0 Å². The Kier molecular flexibility index (Phi) is 9.07. The molecule has 1 amide bonds. The summed E-state index contributed by atoms with van der Waals surface area (Å²) in [6, 6.07) is 6.12. The summed E-state index contributed by atoms with van der Waals surface area (Å²) < 4.78 is 41.8. The van der Waals surface area contributed by atoms with Gasteiger partial charge < -0.3 is 19.0 Å². The minimum atomic E-state index is -3.52. The molecule has 1 saturated heterocycles. The standard InChI is InChI=1S/C24H31N3O7S2/c1-3-33-17-6-7-18(12-17)34-27-22(23(28)26-24-25-13-19(35-24)14-31-2)16-4-8-20(9-5-16)36(29,30)21-10-11-32-15-21/h4-5,8-9,13,17-18,21H,3,6-7,10-12,14-15H2,1-2H3,(H,25,26,28)/b27-22+/t17-,18-,21+/m1/s1. The lowest BCUT2D eigenvalue weighted by Crippen LogP contribution is -2.25.